The average Bonchev–Trinajstić information content (AvgIpc) is 3.24. The highest BCUT2D eigenvalue weighted by Crippen LogP contribution is 2.44. The molecular weight excluding hydrogens is 294 g/mol. The number of hydrogen-bond acceptors (Lipinski definition) is 5. The van der Waals surface area contributed by atoms with Crippen LogP contribution in [0, 0.1) is 0 Å². The standard InChI is InChI=1S/C17H29N3O3/c1-20-13-15(22)23-17(11-12-17)10-8-6-4-2-3-5-7-9-14(21)19-16(20)18/h2-13H2,1H3,(H2,18,19,21). The zero-order valence-electron chi connectivity index (χ0n) is 14.2. The Kier molecular flexibility index (Phi) is 6.42. The van der Waals surface area contributed by atoms with Crippen molar-refractivity contribution in [3.8, 4) is 0 Å². The molecule has 1 aliphatic heterocycles. The fourth-order valence-electron chi connectivity index (χ4n) is 2.97. The number of carbonyl (C=O) groups is 2. The molecule has 0 aromatic rings. The van der Waals surface area contributed by atoms with Crippen LogP contribution in [0.15, 0.2) is 4.99 Å². The van der Waals surface area contributed by atoms with E-state index in [-0.39, 0.29) is 30.0 Å². The molecule has 1 heterocycles. The molecule has 0 bridgehead atoms. The van der Waals surface area contributed by atoms with Crippen molar-refractivity contribution in [1.82, 2.24) is 4.90 Å². The number of rotatable bonds is 0. The molecule has 1 fully saturated rings. The predicted octanol–water partition coefficient (Wildman–Crippen LogP) is 2.36. The van der Waals surface area contributed by atoms with Crippen molar-refractivity contribution in [3.63, 3.8) is 0 Å². The van der Waals surface area contributed by atoms with E-state index in [1.807, 2.05) is 0 Å². The molecular formula is C17H29N3O3. The summed E-state index contributed by atoms with van der Waals surface area (Å²) in [6.07, 6.45) is 11.1. The topological polar surface area (TPSA) is 85.0 Å². The third-order valence-electron chi connectivity index (χ3n) is 4.66. The summed E-state index contributed by atoms with van der Waals surface area (Å²) >= 11 is 0. The Bertz CT molecular complexity index is 458. The number of ether oxygens (including phenoxy) is 1. The minimum absolute atomic E-state index is 0.0321. The third-order valence-corrected chi connectivity index (χ3v) is 4.66. The number of carbonyl (C=O) groups excluding carboxylic acids is 2. The van der Waals surface area contributed by atoms with E-state index in [4.69, 9.17) is 10.5 Å². The Morgan fingerprint density at radius 2 is 1.61 bits per heavy atom. The second-order valence-electron chi connectivity index (χ2n) is 6.85. The van der Waals surface area contributed by atoms with E-state index in [2.05, 4.69) is 4.99 Å². The summed E-state index contributed by atoms with van der Waals surface area (Å²) in [6, 6.07) is 0. The lowest BCUT2D eigenvalue weighted by atomic mass is 10.0. The van der Waals surface area contributed by atoms with Crippen molar-refractivity contribution in [2.45, 2.75) is 76.2 Å². The van der Waals surface area contributed by atoms with E-state index in [0.717, 1.165) is 44.9 Å². The number of nitrogens with zero attached hydrogens (tertiary/aromatic N) is 2. The number of likely N-dealkylation sites (N-methyl/N-ethyl adjacent to an activating group) is 1. The number of hydrogen-bond donors (Lipinski definition) is 1. The quantitative estimate of drug-likeness (QED) is 0.692. The molecule has 1 saturated carbocycles. The van der Waals surface area contributed by atoms with Crippen molar-refractivity contribution >= 4 is 17.8 Å². The number of nitrogens with two attached hydrogens (primary N) is 1. The van der Waals surface area contributed by atoms with Gasteiger partial charge in [-0.05, 0) is 32.1 Å². The lowest BCUT2D eigenvalue weighted by Gasteiger charge is -2.20. The highest BCUT2D eigenvalue weighted by Gasteiger charge is 2.46. The minimum Gasteiger partial charge on any atom is -0.458 e. The van der Waals surface area contributed by atoms with E-state index >= 15 is 0 Å². The van der Waals surface area contributed by atoms with E-state index in [1.54, 1.807) is 7.05 Å². The summed E-state index contributed by atoms with van der Waals surface area (Å²) in [7, 11) is 1.65. The van der Waals surface area contributed by atoms with Gasteiger partial charge in [-0.3, -0.25) is 9.59 Å². The summed E-state index contributed by atoms with van der Waals surface area (Å²) in [5.74, 6) is -0.424. The van der Waals surface area contributed by atoms with E-state index in [1.165, 1.54) is 24.2 Å². The van der Waals surface area contributed by atoms with Gasteiger partial charge in [-0.2, -0.15) is 4.99 Å². The SMILES string of the molecule is CN1CC(=O)OC2(CCCCCCCCCC(=O)N=C1N)CC2. The van der Waals surface area contributed by atoms with Gasteiger partial charge in [0.15, 0.2) is 5.96 Å². The molecule has 2 N–H and O–H groups in total. The van der Waals surface area contributed by atoms with Crippen molar-refractivity contribution in [2.75, 3.05) is 13.6 Å². The lowest BCUT2D eigenvalue weighted by molar-refractivity contribution is -0.151. The van der Waals surface area contributed by atoms with Gasteiger partial charge in [0.2, 0.25) is 5.91 Å². The van der Waals surface area contributed by atoms with Crippen LogP contribution < -0.4 is 5.73 Å². The smallest absolute Gasteiger partial charge is 0.326 e. The number of guanidine groups is 1. The molecule has 6 nitrogen and oxygen atoms in total. The second kappa shape index (κ2) is 8.31. The molecule has 0 radical (unpaired) electrons. The summed E-state index contributed by atoms with van der Waals surface area (Å²) < 4.78 is 5.64. The zero-order chi connectivity index (χ0) is 16.7. The molecule has 0 saturated heterocycles. The van der Waals surface area contributed by atoms with Gasteiger partial charge < -0.3 is 15.4 Å². The monoisotopic (exact) mass is 323 g/mol. The van der Waals surface area contributed by atoms with Gasteiger partial charge in [-0.25, -0.2) is 0 Å². The van der Waals surface area contributed by atoms with Crippen molar-refractivity contribution < 1.29 is 14.3 Å². The Balaban J connectivity index is 1.94. The van der Waals surface area contributed by atoms with Crippen LogP contribution in [-0.2, 0) is 14.3 Å². The third kappa shape index (κ3) is 6.20. The van der Waals surface area contributed by atoms with Gasteiger partial charge in [-0.1, -0.05) is 32.1 Å². The lowest BCUT2D eigenvalue weighted by Crippen LogP contribution is -2.40. The molecule has 0 unspecified atom stereocenters. The molecule has 6 heteroatoms. The molecule has 1 spiro atoms. The van der Waals surface area contributed by atoms with Crippen LogP contribution in [0.4, 0.5) is 0 Å². The maximum Gasteiger partial charge on any atom is 0.326 e. The van der Waals surface area contributed by atoms with Crippen LogP contribution in [0.25, 0.3) is 0 Å². The fourth-order valence-corrected chi connectivity index (χ4v) is 2.97. The van der Waals surface area contributed by atoms with Crippen LogP contribution >= 0.6 is 0 Å². The first-order chi connectivity index (χ1) is 11.0. The van der Waals surface area contributed by atoms with Gasteiger partial charge in [-0.15, -0.1) is 0 Å². The Labute approximate surface area is 138 Å². The van der Waals surface area contributed by atoms with Crippen LogP contribution in [0.1, 0.15) is 70.6 Å². The first-order valence-electron chi connectivity index (χ1n) is 8.81. The van der Waals surface area contributed by atoms with Crippen molar-refractivity contribution in [1.29, 1.82) is 0 Å². The minimum atomic E-state index is -0.292. The predicted molar refractivity (Wildman–Crippen MR) is 88.9 cm³/mol. The molecule has 23 heavy (non-hydrogen) atoms. The number of esters is 1. The second-order valence-corrected chi connectivity index (χ2v) is 6.85. The summed E-state index contributed by atoms with van der Waals surface area (Å²) in [6.45, 7) is 0.0321. The molecule has 0 aromatic heterocycles. The van der Waals surface area contributed by atoms with Gasteiger partial charge >= 0.3 is 5.97 Å². The maximum absolute atomic E-state index is 12.1. The summed E-state index contributed by atoms with van der Waals surface area (Å²) in [5.41, 5.74) is 5.56. The van der Waals surface area contributed by atoms with Gasteiger partial charge in [0.05, 0.1) is 0 Å². The first-order valence-corrected chi connectivity index (χ1v) is 8.81. The van der Waals surface area contributed by atoms with Gasteiger partial charge in [0, 0.05) is 13.5 Å². The molecule has 2 rings (SSSR count). The molecule has 130 valence electrons. The summed E-state index contributed by atoms with van der Waals surface area (Å²) in [5, 5.41) is 0. The molecule has 0 atom stereocenters. The largest absolute Gasteiger partial charge is 0.458 e. The van der Waals surface area contributed by atoms with Gasteiger partial charge in [0.1, 0.15) is 12.1 Å². The molecule has 1 aliphatic carbocycles. The number of aliphatic imine (C=N–C) groups is 1. The first kappa shape index (κ1) is 17.8. The zero-order valence-corrected chi connectivity index (χ0v) is 14.2. The Morgan fingerprint density at radius 3 is 2.26 bits per heavy atom. The molecule has 1 amide bonds. The van der Waals surface area contributed by atoms with Gasteiger partial charge in [0.25, 0.3) is 0 Å². The maximum atomic E-state index is 12.1. The van der Waals surface area contributed by atoms with Crippen molar-refractivity contribution in [3.05, 3.63) is 0 Å². The number of amides is 1. The van der Waals surface area contributed by atoms with E-state index < -0.39 is 0 Å². The van der Waals surface area contributed by atoms with Crippen LogP contribution in [0.3, 0.4) is 0 Å². The normalized spacial score (nSPS) is 24.7. The molecule has 0 aromatic carbocycles. The molecule has 2 aliphatic rings. The van der Waals surface area contributed by atoms with Crippen LogP contribution in [-0.4, -0.2) is 41.9 Å². The van der Waals surface area contributed by atoms with E-state index in [0.29, 0.717) is 6.42 Å². The van der Waals surface area contributed by atoms with Crippen molar-refractivity contribution in [2.24, 2.45) is 10.7 Å². The van der Waals surface area contributed by atoms with Crippen LogP contribution in [0.5, 0.6) is 0 Å². The van der Waals surface area contributed by atoms with Crippen LogP contribution in [0.2, 0.25) is 0 Å². The fraction of sp³-hybridized carbons (Fsp3) is 0.824. The average molecular weight is 323 g/mol. The summed E-state index contributed by atoms with van der Waals surface area (Å²) in [4.78, 5) is 29.2. The Hall–Kier alpha value is -1.59. The highest BCUT2D eigenvalue weighted by molar-refractivity contribution is 5.93. The highest BCUT2D eigenvalue weighted by atomic mass is 16.6. The Morgan fingerprint density at radius 1 is 1.00 bits per heavy atom. The van der Waals surface area contributed by atoms with E-state index in [9.17, 15) is 9.59 Å².